The first-order valence-electron chi connectivity index (χ1n) is 11.4. The van der Waals surface area contributed by atoms with Crippen LogP contribution in [-0.4, -0.2) is 20.1 Å². The predicted molar refractivity (Wildman–Crippen MR) is 122 cm³/mol. The summed E-state index contributed by atoms with van der Waals surface area (Å²) in [7, 11) is 0. The zero-order valence-electron chi connectivity index (χ0n) is 18.5. The molecule has 5 nitrogen and oxygen atoms in total. The lowest BCUT2D eigenvalue weighted by atomic mass is 9.56. The van der Waals surface area contributed by atoms with Crippen molar-refractivity contribution in [2.75, 3.05) is 0 Å². The first-order valence-corrected chi connectivity index (χ1v) is 11.4. The fraction of sp³-hybridized carbons (Fsp3) is 0.333. The highest BCUT2D eigenvalue weighted by atomic mass is 16.5. The molecule has 2 aliphatic carbocycles. The van der Waals surface area contributed by atoms with Crippen molar-refractivity contribution < 1.29 is 4.52 Å². The van der Waals surface area contributed by atoms with Crippen molar-refractivity contribution >= 4 is 0 Å². The van der Waals surface area contributed by atoms with Gasteiger partial charge in [0.15, 0.2) is 5.82 Å². The molecule has 32 heavy (non-hydrogen) atoms. The molecule has 3 heterocycles. The molecule has 5 heteroatoms. The number of fused-ring (bicyclic) bond motifs is 4. The Hall–Kier alpha value is -3.34. The highest BCUT2D eigenvalue weighted by Crippen LogP contribution is 2.53. The number of rotatable bonds is 3. The van der Waals surface area contributed by atoms with Crippen LogP contribution >= 0.6 is 0 Å². The molecule has 0 N–H and O–H groups in total. The summed E-state index contributed by atoms with van der Waals surface area (Å²) in [6, 6.07) is 14.6. The second kappa shape index (κ2) is 7.37. The van der Waals surface area contributed by atoms with Crippen LogP contribution in [0.3, 0.4) is 0 Å². The van der Waals surface area contributed by atoms with E-state index in [0.717, 1.165) is 48.5 Å². The third-order valence-electron chi connectivity index (χ3n) is 7.56. The van der Waals surface area contributed by atoms with Crippen LogP contribution in [-0.2, 0) is 24.7 Å². The van der Waals surface area contributed by atoms with Crippen LogP contribution in [0.5, 0.6) is 0 Å². The van der Waals surface area contributed by atoms with E-state index in [0.29, 0.717) is 11.8 Å². The Morgan fingerprint density at radius 3 is 2.69 bits per heavy atom. The summed E-state index contributed by atoms with van der Waals surface area (Å²) >= 11 is 0. The van der Waals surface area contributed by atoms with Crippen molar-refractivity contribution in [3.05, 3.63) is 94.9 Å². The van der Waals surface area contributed by atoms with Gasteiger partial charge in [0.05, 0.1) is 17.6 Å². The molecule has 0 spiro atoms. The number of nitrogens with zero attached hydrogens (tertiary/aromatic N) is 4. The number of pyridine rings is 1. The number of hydrogen-bond donors (Lipinski definition) is 0. The summed E-state index contributed by atoms with van der Waals surface area (Å²) < 4.78 is 5.66. The first kappa shape index (κ1) is 19.4. The average molecular weight is 423 g/mol. The molecule has 0 aliphatic heterocycles. The van der Waals surface area contributed by atoms with Gasteiger partial charge >= 0.3 is 0 Å². The summed E-state index contributed by atoms with van der Waals surface area (Å²) in [5.41, 5.74) is 7.13. The molecule has 3 aromatic heterocycles. The molecule has 4 aromatic rings. The minimum Gasteiger partial charge on any atom is -0.361 e. The monoisotopic (exact) mass is 422 g/mol. The zero-order chi connectivity index (χ0) is 21.7. The van der Waals surface area contributed by atoms with E-state index < -0.39 is 0 Å². The third-order valence-corrected chi connectivity index (χ3v) is 7.56. The lowest BCUT2D eigenvalue weighted by Crippen LogP contribution is -2.45. The van der Waals surface area contributed by atoms with E-state index >= 15 is 0 Å². The van der Waals surface area contributed by atoms with Gasteiger partial charge in [-0.1, -0.05) is 49.3 Å². The molecule has 6 rings (SSSR count). The van der Waals surface area contributed by atoms with Crippen LogP contribution in [0.4, 0.5) is 0 Å². The Kier molecular flexibility index (Phi) is 4.46. The van der Waals surface area contributed by atoms with E-state index in [-0.39, 0.29) is 5.41 Å². The van der Waals surface area contributed by atoms with E-state index in [9.17, 15) is 0 Å². The van der Waals surface area contributed by atoms with Crippen molar-refractivity contribution in [1.29, 1.82) is 0 Å². The topological polar surface area (TPSA) is 64.7 Å². The largest absolute Gasteiger partial charge is 0.361 e. The van der Waals surface area contributed by atoms with E-state index in [4.69, 9.17) is 14.5 Å². The van der Waals surface area contributed by atoms with Crippen LogP contribution in [0.2, 0.25) is 0 Å². The lowest BCUT2D eigenvalue weighted by Gasteiger charge is -2.47. The minimum atomic E-state index is -0.0677. The van der Waals surface area contributed by atoms with Gasteiger partial charge in [0.1, 0.15) is 5.76 Å². The molecule has 0 saturated heterocycles. The zero-order valence-corrected chi connectivity index (χ0v) is 18.5. The van der Waals surface area contributed by atoms with Gasteiger partial charge in [0, 0.05) is 41.3 Å². The van der Waals surface area contributed by atoms with Gasteiger partial charge in [0.2, 0.25) is 0 Å². The van der Waals surface area contributed by atoms with Crippen molar-refractivity contribution in [1.82, 2.24) is 20.1 Å². The Morgan fingerprint density at radius 1 is 1.06 bits per heavy atom. The maximum Gasteiger partial charge on any atom is 0.159 e. The van der Waals surface area contributed by atoms with Crippen LogP contribution in [0.25, 0.3) is 11.4 Å². The summed E-state index contributed by atoms with van der Waals surface area (Å²) in [5.74, 6) is 2.66. The smallest absolute Gasteiger partial charge is 0.159 e. The van der Waals surface area contributed by atoms with Gasteiger partial charge in [-0.3, -0.25) is 4.98 Å². The Morgan fingerprint density at radius 2 is 1.88 bits per heavy atom. The van der Waals surface area contributed by atoms with E-state index in [1.54, 1.807) is 0 Å². The van der Waals surface area contributed by atoms with Gasteiger partial charge in [-0.25, -0.2) is 9.97 Å². The molecule has 0 radical (unpaired) electrons. The fourth-order valence-electron chi connectivity index (χ4n) is 6.00. The Balaban J connectivity index is 1.54. The Bertz CT molecular complexity index is 1270. The van der Waals surface area contributed by atoms with Gasteiger partial charge < -0.3 is 4.52 Å². The molecule has 1 aromatic carbocycles. The van der Waals surface area contributed by atoms with Crippen LogP contribution < -0.4 is 0 Å². The van der Waals surface area contributed by atoms with Gasteiger partial charge in [-0.2, -0.15) is 0 Å². The fourth-order valence-corrected chi connectivity index (χ4v) is 6.00. The summed E-state index contributed by atoms with van der Waals surface area (Å²) in [6.07, 6.45) is 9.37. The summed E-state index contributed by atoms with van der Waals surface area (Å²) in [5, 5.41) is 4.12. The van der Waals surface area contributed by atoms with Crippen molar-refractivity contribution in [2.24, 2.45) is 5.92 Å². The van der Waals surface area contributed by atoms with E-state index in [1.165, 1.54) is 22.4 Å². The predicted octanol–water partition coefficient (Wildman–Crippen LogP) is 5.30. The standard InChI is InChI=1S/C27H26N4O/c1-17-22-9-8-21-23(14-18-6-4-3-5-7-18)30-26(19-10-12-28-13-11-19)31-25(21)27(22,2)15-20-16-29-32-24(17)20/h3-7,10-13,16-17,22H,8-9,14-15H2,1-2H3/t17-,22-,27-/m1/s1. The van der Waals surface area contributed by atoms with E-state index in [2.05, 4.69) is 54.3 Å². The van der Waals surface area contributed by atoms with Crippen LogP contribution in [0, 0.1) is 5.92 Å². The minimum absolute atomic E-state index is 0.0677. The van der Waals surface area contributed by atoms with Crippen LogP contribution in [0.1, 0.15) is 60.0 Å². The third kappa shape index (κ3) is 2.99. The molecule has 0 fully saturated rings. The Labute approximate surface area is 187 Å². The van der Waals surface area contributed by atoms with Gasteiger partial charge in [-0.05, 0) is 48.4 Å². The maximum absolute atomic E-state index is 5.66. The van der Waals surface area contributed by atoms with Crippen molar-refractivity contribution in [2.45, 2.75) is 50.9 Å². The number of hydrogen-bond acceptors (Lipinski definition) is 5. The first-order chi connectivity index (χ1) is 15.6. The number of benzene rings is 1. The maximum atomic E-state index is 5.66. The molecule has 0 saturated carbocycles. The normalized spacial score (nSPS) is 23.8. The highest BCUT2D eigenvalue weighted by molar-refractivity contribution is 5.56. The molecular formula is C27H26N4O. The SMILES string of the molecule is C[C@H]1c2oncc2C[C@@]2(C)c3nc(-c4ccncc4)nc(Cc4ccccc4)c3CC[C@H]12. The molecule has 160 valence electrons. The molecule has 0 bridgehead atoms. The molecule has 0 amide bonds. The molecule has 3 atom stereocenters. The average Bonchev–Trinajstić information content (AvgIpc) is 3.29. The number of aromatic nitrogens is 4. The summed E-state index contributed by atoms with van der Waals surface area (Å²) in [4.78, 5) is 14.5. The van der Waals surface area contributed by atoms with Crippen LogP contribution in [0.15, 0.2) is 65.6 Å². The van der Waals surface area contributed by atoms with Crippen molar-refractivity contribution in [3.63, 3.8) is 0 Å². The second-order valence-electron chi connectivity index (χ2n) is 9.46. The van der Waals surface area contributed by atoms with Gasteiger partial charge in [-0.15, -0.1) is 0 Å². The van der Waals surface area contributed by atoms with Crippen molar-refractivity contribution in [3.8, 4) is 11.4 Å². The molecule has 0 unspecified atom stereocenters. The lowest BCUT2D eigenvalue weighted by molar-refractivity contribution is 0.171. The second-order valence-corrected chi connectivity index (χ2v) is 9.46. The summed E-state index contributed by atoms with van der Waals surface area (Å²) in [6.45, 7) is 4.67. The van der Waals surface area contributed by atoms with Gasteiger partial charge in [0.25, 0.3) is 0 Å². The highest BCUT2D eigenvalue weighted by Gasteiger charge is 2.50. The quantitative estimate of drug-likeness (QED) is 0.448. The molecular weight excluding hydrogens is 396 g/mol. The molecule has 2 aliphatic rings. The van der Waals surface area contributed by atoms with E-state index in [1.807, 2.05) is 30.7 Å².